The molecule has 0 fully saturated rings. The fourth-order valence-corrected chi connectivity index (χ4v) is 2.55. The molecule has 1 atom stereocenters. The molecule has 0 spiro atoms. The molecule has 3 nitrogen and oxygen atoms in total. The van der Waals surface area contributed by atoms with Gasteiger partial charge in [-0.2, -0.15) is 0 Å². The summed E-state index contributed by atoms with van der Waals surface area (Å²) in [6.07, 6.45) is 5.86. The molecule has 1 unspecified atom stereocenters. The highest BCUT2D eigenvalue weighted by atomic mass is 35.5. The Labute approximate surface area is 122 Å². The summed E-state index contributed by atoms with van der Waals surface area (Å²) in [6.45, 7) is 0. The number of rotatable bonds is 3. The van der Waals surface area contributed by atoms with Crippen molar-refractivity contribution in [3.63, 3.8) is 0 Å². The number of pyridine rings is 2. The van der Waals surface area contributed by atoms with Gasteiger partial charge in [-0.1, -0.05) is 29.8 Å². The lowest BCUT2D eigenvalue weighted by molar-refractivity contribution is 0.726. The standard InChI is InChI=1S/C16H14ClN3/c17-14-10-19-7-5-11(14)9-15(18)12-6-8-20-16-4-2-1-3-13(12)16/h1-8,10,15H,9,18H2. The van der Waals surface area contributed by atoms with Crippen LogP contribution >= 0.6 is 11.6 Å². The number of halogens is 1. The van der Waals surface area contributed by atoms with E-state index in [4.69, 9.17) is 17.3 Å². The van der Waals surface area contributed by atoms with Crippen molar-refractivity contribution in [2.75, 3.05) is 0 Å². The summed E-state index contributed by atoms with van der Waals surface area (Å²) in [4.78, 5) is 8.35. The molecule has 100 valence electrons. The highest BCUT2D eigenvalue weighted by molar-refractivity contribution is 6.31. The monoisotopic (exact) mass is 283 g/mol. The third-order valence-electron chi connectivity index (χ3n) is 3.38. The topological polar surface area (TPSA) is 51.8 Å². The van der Waals surface area contributed by atoms with Gasteiger partial charge in [-0.25, -0.2) is 0 Å². The minimum atomic E-state index is -0.122. The van der Waals surface area contributed by atoms with Gasteiger partial charge >= 0.3 is 0 Å². The van der Waals surface area contributed by atoms with Gasteiger partial charge in [0.15, 0.2) is 0 Å². The quantitative estimate of drug-likeness (QED) is 0.800. The summed E-state index contributed by atoms with van der Waals surface area (Å²) in [6, 6.07) is 11.8. The SMILES string of the molecule is NC(Cc1ccncc1Cl)c1ccnc2ccccc12. The fraction of sp³-hybridized carbons (Fsp3) is 0.125. The molecule has 3 aromatic rings. The third kappa shape index (κ3) is 2.50. The molecule has 2 heterocycles. The number of benzene rings is 1. The minimum absolute atomic E-state index is 0.122. The van der Waals surface area contributed by atoms with Crippen LogP contribution in [0.4, 0.5) is 0 Å². The van der Waals surface area contributed by atoms with Gasteiger partial charge in [0.1, 0.15) is 0 Å². The van der Waals surface area contributed by atoms with Crippen LogP contribution in [0.15, 0.2) is 55.0 Å². The van der Waals surface area contributed by atoms with Crippen LogP contribution in [0.25, 0.3) is 10.9 Å². The van der Waals surface area contributed by atoms with Gasteiger partial charge in [0.25, 0.3) is 0 Å². The first-order valence-electron chi connectivity index (χ1n) is 6.43. The van der Waals surface area contributed by atoms with Crippen LogP contribution < -0.4 is 5.73 Å². The molecule has 0 amide bonds. The van der Waals surface area contributed by atoms with Crippen LogP contribution in [-0.4, -0.2) is 9.97 Å². The van der Waals surface area contributed by atoms with Crippen molar-refractivity contribution in [1.29, 1.82) is 0 Å². The predicted octanol–water partition coefficient (Wildman–Crippen LogP) is 3.53. The maximum Gasteiger partial charge on any atom is 0.0705 e. The maximum absolute atomic E-state index is 6.36. The molecular weight excluding hydrogens is 270 g/mol. The zero-order valence-electron chi connectivity index (χ0n) is 10.8. The molecule has 2 N–H and O–H groups in total. The van der Waals surface area contributed by atoms with Crippen LogP contribution in [0, 0.1) is 0 Å². The van der Waals surface area contributed by atoms with Gasteiger partial charge in [0.2, 0.25) is 0 Å². The van der Waals surface area contributed by atoms with E-state index in [2.05, 4.69) is 9.97 Å². The summed E-state index contributed by atoms with van der Waals surface area (Å²) >= 11 is 6.14. The Kier molecular flexibility index (Phi) is 3.63. The molecule has 3 rings (SSSR count). The van der Waals surface area contributed by atoms with Crippen molar-refractivity contribution < 1.29 is 0 Å². The molecule has 0 aliphatic carbocycles. The first kappa shape index (κ1) is 13.0. The molecule has 1 aromatic carbocycles. The zero-order valence-corrected chi connectivity index (χ0v) is 11.6. The van der Waals surface area contributed by atoms with Gasteiger partial charge in [-0.05, 0) is 35.7 Å². The van der Waals surface area contributed by atoms with Gasteiger partial charge in [-0.3, -0.25) is 9.97 Å². The lowest BCUT2D eigenvalue weighted by Gasteiger charge is -2.15. The lowest BCUT2D eigenvalue weighted by Crippen LogP contribution is -2.14. The number of nitrogens with zero attached hydrogens (tertiary/aromatic N) is 2. The van der Waals surface area contributed by atoms with Crippen molar-refractivity contribution in [2.45, 2.75) is 12.5 Å². The lowest BCUT2D eigenvalue weighted by atomic mass is 9.97. The van der Waals surface area contributed by atoms with Crippen molar-refractivity contribution >= 4 is 22.5 Å². The van der Waals surface area contributed by atoms with E-state index in [0.717, 1.165) is 22.0 Å². The number of aromatic nitrogens is 2. The Morgan fingerprint density at radius 3 is 2.80 bits per heavy atom. The van der Waals surface area contributed by atoms with Crippen LogP contribution in [-0.2, 0) is 6.42 Å². The number of fused-ring (bicyclic) bond motifs is 1. The van der Waals surface area contributed by atoms with Gasteiger partial charge in [-0.15, -0.1) is 0 Å². The van der Waals surface area contributed by atoms with E-state index in [9.17, 15) is 0 Å². The molecular formula is C16H14ClN3. The number of hydrogen-bond acceptors (Lipinski definition) is 3. The van der Waals surface area contributed by atoms with E-state index in [0.29, 0.717) is 11.4 Å². The molecule has 0 bridgehead atoms. The molecule has 4 heteroatoms. The summed E-state index contributed by atoms with van der Waals surface area (Å²) in [5.41, 5.74) is 9.41. The van der Waals surface area contributed by atoms with Crippen molar-refractivity contribution in [3.05, 3.63) is 71.1 Å². The molecule has 0 aliphatic heterocycles. The average Bonchev–Trinajstić information content (AvgIpc) is 2.49. The highest BCUT2D eigenvalue weighted by Gasteiger charge is 2.12. The number of nitrogens with two attached hydrogens (primary N) is 1. The Balaban J connectivity index is 1.97. The Morgan fingerprint density at radius 2 is 1.95 bits per heavy atom. The van der Waals surface area contributed by atoms with E-state index < -0.39 is 0 Å². The Morgan fingerprint density at radius 1 is 1.10 bits per heavy atom. The van der Waals surface area contributed by atoms with E-state index in [-0.39, 0.29) is 6.04 Å². The molecule has 0 radical (unpaired) electrons. The minimum Gasteiger partial charge on any atom is -0.324 e. The first-order chi connectivity index (χ1) is 9.75. The van der Waals surface area contributed by atoms with E-state index >= 15 is 0 Å². The Hall–Kier alpha value is -1.97. The summed E-state index contributed by atoms with van der Waals surface area (Å²) in [5.74, 6) is 0. The number of para-hydroxylation sites is 1. The summed E-state index contributed by atoms with van der Waals surface area (Å²) < 4.78 is 0. The van der Waals surface area contributed by atoms with Crippen molar-refractivity contribution in [1.82, 2.24) is 9.97 Å². The van der Waals surface area contributed by atoms with Crippen LogP contribution in [0.2, 0.25) is 5.02 Å². The molecule has 0 aliphatic rings. The predicted molar refractivity (Wildman–Crippen MR) is 81.6 cm³/mol. The zero-order chi connectivity index (χ0) is 13.9. The highest BCUT2D eigenvalue weighted by Crippen LogP contribution is 2.25. The molecule has 20 heavy (non-hydrogen) atoms. The van der Waals surface area contributed by atoms with Gasteiger partial charge in [0, 0.05) is 30.0 Å². The molecule has 0 saturated carbocycles. The number of hydrogen-bond donors (Lipinski definition) is 1. The van der Waals surface area contributed by atoms with Crippen LogP contribution in [0.1, 0.15) is 17.2 Å². The van der Waals surface area contributed by atoms with Crippen LogP contribution in [0.3, 0.4) is 0 Å². The van der Waals surface area contributed by atoms with E-state index in [1.807, 2.05) is 36.4 Å². The van der Waals surface area contributed by atoms with Crippen LogP contribution in [0.5, 0.6) is 0 Å². The molecule has 0 saturated heterocycles. The maximum atomic E-state index is 6.36. The van der Waals surface area contributed by atoms with E-state index in [1.165, 1.54) is 0 Å². The van der Waals surface area contributed by atoms with Gasteiger partial charge in [0.05, 0.1) is 10.5 Å². The smallest absolute Gasteiger partial charge is 0.0705 e. The Bertz CT molecular complexity index is 737. The summed E-state index contributed by atoms with van der Waals surface area (Å²) in [5, 5.41) is 1.74. The fourth-order valence-electron chi connectivity index (χ4n) is 2.36. The van der Waals surface area contributed by atoms with Crippen molar-refractivity contribution in [3.8, 4) is 0 Å². The average molecular weight is 284 g/mol. The van der Waals surface area contributed by atoms with Gasteiger partial charge < -0.3 is 5.73 Å². The second kappa shape index (κ2) is 5.57. The largest absolute Gasteiger partial charge is 0.324 e. The normalized spacial score (nSPS) is 12.5. The third-order valence-corrected chi connectivity index (χ3v) is 3.72. The second-order valence-corrected chi connectivity index (χ2v) is 5.10. The first-order valence-corrected chi connectivity index (χ1v) is 6.81. The second-order valence-electron chi connectivity index (χ2n) is 4.70. The molecule has 2 aromatic heterocycles. The van der Waals surface area contributed by atoms with E-state index in [1.54, 1.807) is 18.6 Å². The summed E-state index contributed by atoms with van der Waals surface area (Å²) in [7, 11) is 0. The van der Waals surface area contributed by atoms with Crippen molar-refractivity contribution in [2.24, 2.45) is 5.73 Å².